The average molecular weight is 211 g/mol. The fourth-order valence-electron chi connectivity index (χ4n) is 1.79. The first-order chi connectivity index (χ1) is 7.06. The second-order valence-corrected chi connectivity index (χ2v) is 3.91. The lowest BCUT2D eigenvalue weighted by Gasteiger charge is -2.20. The maximum atomic E-state index is 11.5. The molecule has 15 heavy (non-hydrogen) atoms. The molecule has 0 saturated carbocycles. The molecule has 1 unspecified atom stereocenters. The Hall–Kier alpha value is -1.32. The Balaban J connectivity index is 2.52. The third-order valence-electron chi connectivity index (χ3n) is 2.71. The summed E-state index contributed by atoms with van der Waals surface area (Å²) < 4.78 is 4.93. The minimum absolute atomic E-state index is 0.0312. The van der Waals surface area contributed by atoms with Gasteiger partial charge in [0, 0.05) is 18.5 Å². The van der Waals surface area contributed by atoms with Crippen molar-refractivity contribution in [3.8, 4) is 0 Å². The van der Waals surface area contributed by atoms with Crippen molar-refractivity contribution in [1.29, 1.82) is 0 Å². The molecule has 4 nitrogen and oxygen atoms in total. The lowest BCUT2D eigenvalue weighted by Crippen LogP contribution is -2.34. The van der Waals surface area contributed by atoms with Gasteiger partial charge in [0.05, 0.1) is 0 Å². The van der Waals surface area contributed by atoms with Gasteiger partial charge in [-0.2, -0.15) is 0 Å². The van der Waals surface area contributed by atoms with E-state index in [4.69, 9.17) is 4.74 Å². The standard InChI is InChI=1S/C11H17NO3/c1-4-5-15-11(14)12-7-10(9(3)13)6-8(12)2/h4,8,10H,1,5-7H2,2-3H3/t8-,10?/m1/s1. The van der Waals surface area contributed by atoms with Crippen LogP contribution < -0.4 is 0 Å². The monoisotopic (exact) mass is 211 g/mol. The Morgan fingerprint density at radius 1 is 1.60 bits per heavy atom. The van der Waals surface area contributed by atoms with Crippen molar-refractivity contribution in [2.24, 2.45) is 5.92 Å². The van der Waals surface area contributed by atoms with E-state index in [1.165, 1.54) is 6.08 Å². The molecule has 0 aromatic heterocycles. The molecule has 1 saturated heterocycles. The van der Waals surface area contributed by atoms with Gasteiger partial charge in [0.1, 0.15) is 12.4 Å². The topological polar surface area (TPSA) is 46.6 Å². The van der Waals surface area contributed by atoms with E-state index in [0.29, 0.717) is 6.54 Å². The highest BCUT2D eigenvalue weighted by Gasteiger charge is 2.35. The van der Waals surface area contributed by atoms with E-state index in [2.05, 4.69) is 6.58 Å². The summed E-state index contributed by atoms with van der Waals surface area (Å²) in [6.07, 6.45) is 1.91. The van der Waals surface area contributed by atoms with Crippen LogP contribution in [0.25, 0.3) is 0 Å². The van der Waals surface area contributed by atoms with Gasteiger partial charge in [0.2, 0.25) is 0 Å². The molecule has 84 valence electrons. The van der Waals surface area contributed by atoms with Gasteiger partial charge in [-0.1, -0.05) is 12.7 Å². The van der Waals surface area contributed by atoms with Crippen molar-refractivity contribution in [3.05, 3.63) is 12.7 Å². The van der Waals surface area contributed by atoms with Crippen LogP contribution in [0.5, 0.6) is 0 Å². The van der Waals surface area contributed by atoms with Gasteiger partial charge in [0.15, 0.2) is 0 Å². The van der Waals surface area contributed by atoms with Crippen LogP contribution in [0.2, 0.25) is 0 Å². The van der Waals surface area contributed by atoms with Gasteiger partial charge in [-0.15, -0.1) is 0 Å². The molecule has 0 aliphatic carbocycles. The lowest BCUT2D eigenvalue weighted by molar-refractivity contribution is -0.120. The molecule has 1 rings (SSSR count). The van der Waals surface area contributed by atoms with E-state index >= 15 is 0 Å². The fourth-order valence-corrected chi connectivity index (χ4v) is 1.79. The van der Waals surface area contributed by atoms with Crippen LogP contribution >= 0.6 is 0 Å². The summed E-state index contributed by atoms with van der Waals surface area (Å²) in [6, 6.07) is 0.0798. The normalized spacial score (nSPS) is 25.1. The maximum absolute atomic E-state index is 11.5. The predicted molar refractivity (Wildman–Crippen MR) is 56.5 cm³/mol. The first-order valence-electron chi connectivity index (χ1n) is 5.11. The Morgan fingerprint density at radius 3 is 2.73 bits per heavy atom. The van der Waals surface area contributed by atoms with Gasteiger partial charge in [-0.3, -0.25) is 4.79 Å². The Bertz CT molecular complexity index is 275. The molecular weight excluding hydrogens is 194 g/mol. The third kappa shape index (κ3) is 2.81. The highest BCUT2D eigenvalue weighted by atomic mass is 16.6. The summed E-state index contributed by atoms with van der Waals surface area (Å²) in [5, 5.41) is 0. The molecule has 1 aliphatic heterocycles. The van der Waals surface area contributed by atoms with E-state index in [1.54, 1.807) is 11.8 Å². The van der Waals surface area contributed by atoms with Crippen LogP contribution in [0.3, 0.4) is 0 Å². The fraction of sp³-hybridized carbons (Fsp3) is 0.636. The highest BCUT2D eigenvalue weighted by Crippen LogP contribution is 2.24. The second-order valence-electron chi connectivity index (χ2n) is 3.91. The lowest BCUT2D eigenvalue weighted by atomic mass is 10.0. The largest absolute Gasteiger partial charge is 0.445 e. The average Bonchev–Trinajstić information content (AvgIpc) is 2.57. The van der Waals surface area contributed by atoms with Crippen LogP contribution in [-0.2, 0) is 9.53 Å². The molecule has 1 fully saturated rings. The minimum Gasteiger partial charge on any atom is -0.445 e. The zero-order valence-electron chi connectivity index (χ0n) is 9.23. The molecule has 0 spiro atoms. The molecule has 4 heteroatoms. The molecule has 0 N–H and O–H groups in total. The number of hydrogen-bond donors (Lipinski definition) is 0. The summed E-state index contributed by atoms with van der Waals surface area (Å²) in [6.45, 7) is 7.66. The number of carbonyl (C=O) groups is 2. The van der Waals surface area contributed by atoms with Gasteiger partial charge < -0.3 is 9.64 Å². The summed E-state index contributed by atoms with van der Waals surface area (Å²) in [4.78, 5) is 24.3. The van der Waals surface area contributed by atoms with Gasteiger partial charge in [-0.25, -0.2) is 4.79 Å². The predicted octanol–water partition coefficient (Wildman–Crippen LogP) is 1.61. The first-order valence-corrected chi connectivity index (χ1v) is 5.11. The van der Waals surface area contributed by atoms with E-state index in [1.807, 2.05) is 6.92 Å². The van der Waals surface area contributed by atoms with E-state index in [0.717, 1.165) is 6.42 Å². The molecular formula is C11H17NO3. The number of nitrogens with zero attached hydrogens (tertiary/aromatic N) is 1. The van der Waals surface area contributed by atoms with Crippen molar-refractivity contribution < 1.29 is 14.3 Å². The number of hydrogen-bond acceptors (Lipinski definition) is 3. The maximum Gasteiger partial charge on any atom is 0.410 e. The van der Waals surface area contributed by atoms with E-state index < -0.39 is 0 Å². The van der Waals surface area contributed by atoms with Crippen LogP contribution in [0.1, 0.15) is 20.3 Å². The van der Waals surface area contributed by atoms with Gasteiger partial charge >= 0.3 is 6.09 Å². The van der Waals surface area contributed by atoms with Crippen molar-refractivity contribution in [1.82, 2.24) is 4.90 Å². The molecule has 1 amide bonds. The van der Waals surface area contributed by atoms with Crippen molar-refractivity contribution in [2.75, 3.05) is 13.2 Å². The van der Waals surface area contributed by atoms with Crippen LogP contribution in [0.4, 0.5) is 4.79 Å². The molecule has 1 aliphatic rings. The molecule has 2 atom stereocenters. The molecule has 0 bridgehead atoms. The number of amides is 1. The van der Waals surface area contributed by atoms with Gasteiger partial charge in [-0.05, 0) is 20.3 Å². The second kappa shape index (κ2) is 4.96. The Kier molecular flexibility index (Phi) is 3.88. The number of carbonyl (C=O) groups excluding carboxylic acids is 2. The van der Waals surface area contributed by atoms with Crippen molar-refractivity contribution in [2.45, 2.75) is 26.3 Å². The van der Waals surface area contributed by atoms with E-state index in [-0.39, 0.29) is 30.4 Å². The van der Waals surface area contributed by atoms with Crippen molar-refractivity contribution in [3.63, 3.8) is 0 Å². The zero-order chi connectivity index (χ0) is 11.4. The minimum atomic E-state index is -0.355. The molecule has 0 radical (unpaired) electrons. The number of ketones is 1. The van der Waals surface area contributed by atoms with Crippen LogP contribution in [0, 0.1) is 5.92 Å². The molecule has 0 aromatic carbocycles. The summed E-state index contributed by atoms with van der Waals surface area (Å²) in [5.74, 6) is 0.108. The number of likely N-dealkylation sites (tertiary alicyclic amines) is 1. The quantitative estimate of drug-likeness (QED) is 0.666. The first kappa shape index (κ1) is 11.8. The highest BCUT2D eigenvalue weighted by molar-refractivity contribution is 5.80. The molecule has 1 heterocycles. The van der Waals surface area contributed by atoms with E-state index in [9.17, 15) is 9.59 Å². The number of rotatable bonds is 3. The zero-order valence-corrected chi connectivity index (χ0v) is 9.23. The van der Waals surface area contributed by atoms with Crippen LogP contribution in [-0.4, -0.2) is 36.0 Å². The summed E-state index contributed by atoms with van der Waals surface area (Å²) >= 11 is 0. The SMILES string of the molecule is C=CCOC(=O)N1CC(C(C)=O)C[C@H]1C. The third-order valence-corrected chi connectivity index (χ3v) is 2.71. The Labute approximate surface area is 89.9 Å². The number of Topliss-reactive ketones (excluding diaryl/α,β-unsaturated/α-hetero) is 1. The number of ether oxygens (including phenoxy) is 1. The Morgan fingerprint density at radius 2 is 2.27 bits per heavy atom. The smallest absolute Gasteiger partial charge is 0.410 e. The summed E-state index contributed by atoms with van der Waals surface area (Å²) in [7, 11) is 0. The van der Waals surface area contributed by atoms with Crippen LogP contribution in [0.15, 0.2) is 12.7 Å². The molecule has 0 aromatic rings. The van der Waals surface area contributed by atoms with Gasteiger partial charge in [0.25, 0.3) is 0 Å². The van der Waals surface area contributed by atoms with Crippen molar-refractivity contribution >= 4 is 11.9 Å². The summed E-state index contributed by atoms with van der Waals surface area (Å²) in [5.41, 5.74) is 0.